The van der Waals surface area contributed by atoms with Gasteiger partial charge in [-0.2, -0.15) is 5.10 Å². The maximum absolute atomic E-state index is 10.8. The number of aromatic hydroxyl groups is 1. The number of aromatic amines is 1. The minimum atomic E-state index is -1.28. The first-order valence-corrected chi connectivity index (χ1v) is 5.01. The van der Waals surface area contributed by atoms with Gasteiger partial charge in [0, 0.05) is 11.6 Å². The van der Waals surface area contributed by atoms with Crippen molar-refractivity contribution in [3.8, 4) is 17.0 Å². The number of hydrogen-bond acceptors (Lipinski definition) is 5. The van der Waals surface area contributed by atoms with E-state index in [0.717, 1.165) is 0 Å². The Balaban J connectivity index is 2.24. The number of nitrogens with zero attached hydrogens (tertiary/aromatic N) is 2. The molecule has 3 aromatic rings. The normalized spacial score (nSPS) is 10.9. The number of furan rings is 1. The molecule has 7 nitrogen and oxygen atoms in total. The first-order valence-electron chi connectivity index (χ1n) is 5.01. The predicted octanol–water partition coefficient (Wildman–Crippen LogP) is 1.62. The minimum absolute atomic E-state index is 0.124. The van der Waals surface area contributed by atoms with Crippen molar-refractivity contribution in [1.82, 2.24) is 15.2 Å². The fourth-order valence-electron chi connectivity index (χ4n) is 1.72. The Kier molecular flexibility index (Phi) is 2.06. The van der Waals surface area contributed by atoms with Gasteiger partial charge < -0.3 is 14.6 Å². The first kappa shape index (κ1) is 10.3. The van der Waals surface area contributed by atoms with Crippen molar-refractivity contribution in [2.75, 3.05) is 0 Å². The Labute approximate surface area is 99.7 Å². The van der Waals surface area contributed by atoms with Gasteiger partial charge >= 0.3 is 5.97 Å². The zero-order valence-electron chi connectivity index (χ0n) is 8.91. The number of aromatic carboxylic acids is 1. The fraction of sp³-hybridized carbons (Fsp3) is 0. The fourth-order valence-corrected chi connectivity index (χ4v) is 1.72. The van der Waals surface area contributed by atoms with Crippen LogP contribution in [0.25, 0.3) is 22.4 Å². The molecule has 0 aliphatic rings. The summed E-state index contributed by atoms with van der Waals surface area (Å²) in [6.07, 6.45) is 2.95. The lowest BCUT2D eigenvalue weighted by molar-refractivity contribution is 0.0687. The number of carbonyl (C=O) groups is 1. The summed E-state index contributed by atoms with van der Waals surface area (Å²) in [5.41, 5.74) is 0.647. The van der Waals surface area contributed by atoms with Gasteiger partial charge in [0.05, 0.1) is 5.56 Å². The summed E-state index contributed by atoms with van der Waals surface area (Å²) in [4.78, 5) is 14.8. The molecule has 3 N–H and O–H groups in total. The molecule has 0 aromatic carbocycles. The smallest absolute Gasteiger partial charge is 0.357 e. The maximum Gasteiger partial charge on any atom is 0.357 e. The molecular weight excluding hydrogens is 238 g/mol. The third-order valence-corrected chi connectivity index (χ3v) is 2.56. The maximum atomic E-state index is 10.8. The molecule has 0 aliphatic heterocycles. The first-order chi connectivity index (χ1) is 8.68. The molecule has 0 unspecified atom stereocenters. The molecule has 0 radical (unpaired) electrons. The van der Waals surface area contributed by atoms with Gasteiger partial charge in [-0.25, -0.2) is 9.78 Å². The lowest BCUT2D eigenvalue weighted by atomic mass is 10.1. The molecule has 3 heterocycles. The van der Waals surface area contributed by atoms with E-state index in [4.69, 9.17) is 9.52 Å². The number of carboxylic acids is 1. The highest BCUT2D eigenvalue weighted by atomic mass is 16.4. The Bertz CT molecular complexity index is 744. The molecule has 3 rings (SSSR count). The van der Waals surface area contributed by atoms with E-state index >= 15 is 0 Å². The second-order valence-electron chi connectivity index (χ2n) is 3.61. The summed E-state index contributed by atoms with van der Waals surface area (Å²) in [6.45, 7) is 0. The van der Waals surface area contributed by atoms with Crippen molar-refractivity contribution < 1.29 is 19.4 Å². The average Bonchev–Trinajstić information content (AvgIpc) is 2.92. The number of carboxylic acid groups (broad SMARTS) is 1. The lowest BCUT2D eigenvalue weighted by Crippen LogP contribution is -1.96. The molecule has 0 fully saturated rings. The van der Waals surface area contributed by atoms with E-state index in [9.17, 15) is 9.90 Å². The van der Waals surface area contributed by atoms with Crippen LogP contribution in [0.1, 0.15) is 10.5 Å². The zero-order chi connectivity index (χ0) is 12.7. The summed E-state index contributed by atoms with van der Waals surface area (Å²) in [5, 5.41) is 25.3. The third-order valence-electron chi connectivity index (χ3n) is 2.56. The van der Waals surface area contributed by atoms with Crippen LogP contribution in [0.5, 0.6) is 5.75 Å². The number of hydrogen-bond donors (Lipinski definition) is 3. The molecule has 0 bridgehead atoms. The molecule has 90 valence electrons. The Morgan fingerprint density at radius 3 is 3.00 bits per heavy atom. The van der Waals surface area contributed by atoms with Gasteiger partial charge in [-0.15, -0.1) is 0 Å². The molecule has 0 spiro atoms. The van der Waals surface area contributed by atoms with Crippen molar-refractivity contribution in [2.45, 2.75) is 0 Å². The summed E-state index contributed by atoms with van der Waals surface area (Å²) >= 11 is 0. The van der Waals surface area contributed by atoms with Gasteiger partial charge in [0.15, 0.2) is 11.4 Å². The monoisotopic (exact) mass is 245 g/mol. The SMILES string of the molecule is O=C(O)c1[nH]nc(-c2coc3ncccc23)c1O. The zero-order valence-corrected chi connectivity index (χ0v) is 8.91. The third kappa shape index (κ3) is 1.34. The van der Waals surface area contributed by atoms with Crippen LogP contribution in [-0.4, -0.2) is 31.4 Å². The summed E-state index contributed by atoms with van der Waals surface area (Å²) in [5.74, 6) is -1.70. The van der Waals surface area contributed by atoms with Crippen molar-refractivity contribution in [3.05, 3.63) is 30.3 Å². The van der Waals surface area contributed by atoms with Crippen LogP contribution in [0, 0.1) is 0 Å². The predicted molar refractivity (Wildman–Crippen MR) is 60.2 cm³/mol. The van der Waals surface area contributed by atoms with E-state index < -0.39 is 11.7 Å². The number of fused-ring (bicyclic) bond motifs is 1. The van der Waals surface area contributed by atoms with Crippen LogP contribution in [-0.2, 0) is 0 Å². The molecule has 0 atom stereocenters. The van der Waals surface area contributed by atoms with Crippen molar-refractivity contribution in [1.29, 1.82) is 0 Å². The Hall–Kier alpha value is -2.83. The molecule has 7 heteroatoms. The average molecular weight is 245 g/mol. The van der Waals surface area contributed by atoms with E-state index in [2.05, 4.69) is 15.2 Å². The largest absolute Gasteiger partial charge is 0.504 e. The van der Waals surface area contributed by atoms with Crippen LogP contribution >= 0.6 is 0 Å². The number of pyridine rings is 1. The highest BCUT2D eigenvalue weighted by molar-refractivity contribution is 5.96. The van der Waals surface area contributed by atoms with Crippen LogP contribution in [0.4, 0.5) is 0 Å². The van der Waals surface area contributed by atoms with Gasteiger partial charge in [0.25, 0.3) is 0 Å². The van der Waals surface area contributed by atoms with Gasteiger partial charge in [-0.3, -0.25) is 5.10 Å². The summed E-state index contributed by atoms with van der Waals surface area (Å²) in [7, 11) is 0. The summed E-state index contributed by atoms with van der Waals surface area (Å²) in [6, 6.07) is 3.46. The number of aromatic nitrogens is 3. The molecule has 0 aliphatic carbocycles. The van der Waals surface area contributed by atoms with Crippen LogP contribution in [0.15, 0.2) is 29.0 Å². The van der Waals surface area contributed by atoms with E-state index in [1.807, 2.05) is 0 Å². The van der Waals surface area contributed by atoms with E-state index in [1.54, 1.807) is 18.3 Å². The van der Waals surface area contributed by atoms with Crippen LogP contribution in [0.3, 0.4) is 0 Å². The molecule has 3 aromatic heterocycles. The van der Waals surface area contributed by atoms with E-state index in [-0.39, 0.29) is 11.4 Å². The molecule has 18 heavy (non-hydrogen) atoms. The molecule has 0 saturated carbocycles. The van der Waals surface area contributed by atoms with Gasteiger partial charge in [0.1, 0.15) is 12.0 Å². The summed E-state index contributed by atoms with van der Waals surface area (Å²) < 4.78 is 5.20. The van der Waals surface area contributed by atoms with Crippen molar-refractivity contribution >= 4 is 17.1 Å². The minimum Gasteiger partial charge on any atom is -0.504 e. The highest BCUT2D eigenvalue weighted by Gasteiger charge is 2.21. The van der Waals surface area contributed by atoms with Crippen molar-refractivity contribution in [2.24, 2.45) is 0 Å². The molecular formula is C11H7N3O4. The number of H-pyrrole nitrogens is 1. The molecule has 0 amide bonds. The Morgan fingerprint density at radius 1 is 1.44 bits per heavy atom. The second kappa shape index (κ2) is 3.59. The van der Waals surface area contributed by atoms with E-state index in [0.29, 0.717) is 16.7 Å². The highest BCUT2D eigenvalue weighted by Crippen LogP contribution is 2.35. The van der Waals surface area contributed by atoms with Crippen molar-refractivity contribution in [3.63, 3.8) is 0 Å². The standard InChI is InChI=1S/C11H7N3O4/c15-9-7(13-14-8(9)11(16)17)6-4-18-10-5(6)2-1-3-12-10/h1-4,15H,(H,13,14)(H,16,17). The lowest BCUT2D eigenvalue weighted by Gasteiger charge is -1.94. The van der Waals surface area contributed by atoms with Gasteiger partial charge in [0.2, 0.25) is 5.71 Å². The Morgan fingerprint density at radius 2 is 2.28 bits per heavy atom. The number of nitrogens with one attached hydrogen (secondary N) is 1. The van der Waals surface area contributed by atoms with E-state index in [1.165, 1.54) is 6.26 Å². The van der Waals surface area contributed by atoms with Gasteiger partial charge in [-0.1, -0.05) is 0 Å². The second-order valence-corrected chi connectivity index (χ2v) is 3.61. The molecule has 0 saturated heterocycles. The topological polar surface area (TPSA) is 112 Å². The van der Waals surface area contributed by atoms with Gasteiger partial charge in [-0.05, 0) is 12.1 Å². The van der Waals surface area contributed by atoms with Crippen LogP contribution < -0.4 is 0 Å². The van der Waals surface area contributed by atoms with Crippen LogP contribution in [0.2, 0.25) is 0 Å². The quantitative estimate of drug-likeness (QED) is 0.632. The number of rotatable bonds is 2.